The van der Waals surface area contributed by atoms with E-state index in [1.165, 1.54) is 12.8 Å². The zero-order chi connectivity index (χ0) is 14.9. The maximum Gasteiger partial charge on any atom is 0.262 e. The van der Waals surface area contributed by atoms with Gasteiger partial charge < -0.3 is 4.98 Å². The normalized spacial score (nSPS) is 15.6. The van der Waals surface area contributed by atoms with Gasteiger partial charge >= 0.3 is 0 Å². The Bertz CT molecular complexity index is 846. The molecule has 0 spiro atoms. The van der Waals surface area contributed by atoms with Gasteiger partial charge in [-0.05, 0) is 38.1 Å². The summed E-state index contributed by atoms with van der Waals surface area (Å²) in [5.41, 5.74) is 1.40. The number of H-pyrrole nitrogens is 1. The van der Waals surface area contributed by atoms with E-state index in [2.05, 4.69) is 20.0 Å². The average Bonchev–Trinajstić information content (AvgIpc) is 3.18. The largest absolute Gasteiger partial charge is 0.309 e. The molecule has 0 radical (unpaired) electrons. The number of likely N-dealkylation sites (tertiary alicyclic amines) is 1. The second-order valence-corrected chi connectivity index (χ2v) is 5.63. The van der Waals surface area contributed by atoms with Crippen LogP contribution in [0.3, 0.4) is 0 Å². The summed E-state index contributed by atoms with van der Waals surface area (Å²) in [5.74, 6) is 0.706. The second-order valence-electron chi connectivity index (χ2n) is 5.63. The van der Waals surface area contributed by atoms with Crippen molar-refractivity contribution in [3.05, 3.63) is 52.7 Å². The molecule has 1 N–H and O–H groups in total. The molecule has 112 valence electrons. The fourth-order valence-electron chi connectivity index (χ4n) is 2.95. The number of benzene rings is 1. The Morgan fingerprint density at radius 1 is 1.14 bits per heavy atom. The molecule has 1 aliphatic rings. The number of aromatic nitrogens is 4. The third-order valence-electron chi connectivity index (χ3n) is 4.06. The van der Waals surface area contributed by atoms with E-state index in [4.69, 9.17) is 0 Å². The lowest BCUT2D eigenvalue weighted by Crippen LogP contribution is -2.22. The van der Waals surface area contributed by atoms with Crippen LogP contribution in [-0.2, 0) is 6.54 Å². The highest BCUT2D eigenvalue weighted by atomic mass is 16.1. The Balaban J connectivity index is 1.79. The maximum atomic E-state index is 12.3. The van der Waals surface area contributed by atoms with E-state index in [1.54, 1.807) is 10.9 Å². The van der Waals surface area contributed by atoms with Crippen LogP contribution in [0.4, 0.5) is 0 Å². The zero-order valence-electron chi connectivity index (χ0n) is 12.2. The molecular formula is C16H17N5O. The van der Waals surface area contributed by atoms with Gasteiger partial charge in [0.15, 0.2) is 5.65 Å². The van der Waals surface area contributed by atoms with Crippen molar-refractivity contribution in [2.24, 2.45) is 0 Å². The van der Waals surface area contributed by atoms with Gasteiger partial charge in [0.2, 0.25) is 0 Å². The van der Waals surface area contributed by atoms with Crippen molar-refractivity contribution in [3.8, 4) is 5.69 Å². The molecule has 0 saturated carbocycles. The Hall–Kier alpha value is -2.47. The van der Waals surface area contributed by atoms with Gasteiger partial charge in [0.05, 0.1) is 18.4 Å². The van der Waals surface area contributed by atoms with Crippen molar-refractivity contribution in [2.75, 3.05) is 13.1 Å². The van der Waals surface area contributed by atoms with Crippen molar-refractivity contribution in [1.82, 2.24) is 24.6 Å². The SMILES string of the molecule is O=c1[nH]c(CN2CCCC2)nc2c1cnn2-c1ccccc1. The lowest BCUT2D eigenvalue weighted by molar-refractivity contribution is 0.322. The Morgan fingerprint density at radius 2 is 1.91 bits per heavy atom. The Labute approximate surface area is 127 Å². The first-order valence-corrected chi connectivity index (χ1v) is 7.56. The minimum atomic E-state index is -0.124. The number of nitrogens with one attached hydrogen (secondary N) is 1. The van der Waals surface area contributed by atoms with E-state index in [1.807, 2.05) is 30.3 Å². The number of rotatable bonds is 3. The van der Waals surface area contributed by atoms with Gasteiger partial charge in [0.1, 0.15) is 11.2 Å². The van der Waals surface area contributed by atoms with Crippen LogP contribution in [0, 0.1) is 0 Å². The molecule has 4 rings (SSSR count). The average molecular weight is 295 g/mol. The molecular weight excluding hydrogens is 278 g/mol. The van der Waals surface area contributed by atoms with Crippen molar-refractivity contribution in [3.63, 3.8) is 0 Å². The van der Waals surface area contributed by atoms with Gasteiger partial charge in [-0.2, -0.15) is 5.10 Å². The van der Waals surface area contributed by atoms with Crippen molar-refractivity contribution in [1.29, 1.82) is 0 Å². The minimum Gasteiger partial charge on any atom is -0.309 e. The number of hydrogen-bond acceptors (Lipinski definition) is 4. The summed E-state index contributed by atoms with van der Waals surface area (Å²) in [6.45, 7) is 2.82. The van der Waals surface area contributed by atoms with Crippen LogP contribution < -0.4 is 5.56 Å². The third kappa shape index (κ3) is 2.31. The number of para-hydroxylation sites is 1. The van der Waals surface area contributed by atoms with E-state index >= 15 is 0 Å². The number of hydrogen-bond donors (Lipinski definition) is 1. The molecule has 1 fully saturated rings. The van der Waals surface area contributed by atoms with Crippen LogP contribution in [0.2, 0.25) is 0 Å². The molecule has 6 heteroatoms. The van der Waals surface area contributed by atoms with Crippen LogP contribution in [-0.4, -0.2) is 37.7 Å². The predicted octanol–water partition coefficient (Wildman–Crippen LogP) is 1.70. The predicted molar refractivity (Wildman–Crippen MR) is 84.0 cm³/mol. The monoisotopic (exact) mass is 295 g/mol. The first kappa shape index (κ1) is 13.2. The molecule has 3 heterocycles. The zero-order valence-corrected chi connectivity index (χ0v) is 12.2. The maximum absolute atomic E-state index is 12.3. The van der Waals surface area contributed by atoms with Crippen LogP contribution >= 0.6 is 0 Å². The van der Waals surface area contributed by atoms with Crippen LogP contribution in [0.5, 0.6) is 0 Å². The molecule has 0 unspecified atom stereocenters. The van der Waals surface area contributed by atoms with Gasteiger partial charge in [0.25, 0.3) is 5.56 Å². The van der Waals surface area contributed by atoms with E-state index in [0.29, 0.717) is 23.4 Å². The van der Waals surface area contributed by atoms with Gasteiger partial charge in [-0.25, -0.2) is 9.67 Å². The fraction of sp³-hybridized carbons (Fsp3) is 0.312. The molecule has 0 bridgehead atoms. The standard InChI is InChI=1S/C16H17N5O/c22-16-13-10-17-21(12-6-2-1-3-7-12)15(13)18-14(19-16)11-20-8-4-5-9-20/h1-3,6-7,10H,4-5,8-9,11H2,(H,18,19,22). The lowest BCUT2D eigenvalue weighted by Gasteiger charge is -2.13. The summed E-state index contributed by atoms with van der Waals surface area (Å²) in [7, 11) is 0. The van der Waals surface area contributed by atoms with E-state index in [0.717, 1.165) is 18.8 Å². The molecule has 2 aromatic heterocycles. The molecule has 1 saturated heterocycles. The number of aromatic amines is 1. The van der Waals surface area contributed by atoms with Crippen LogP contribution in [0.25, 0.3) is 16.7 Å². The first-order chi connectivity index (χ1) is 10.8. The van der Waals surface area contributed by atoms with Gasteiger partial charge in [-0.1, -0.05) is 18.2 Å². The van der Waals surface area contributed by atoms with Crippen molar-refractivity contribution >= 4 is 11.0 Å². The Morgan fingerprint density at radius 3 is 2.68 bits per heavy atom. The molecule has 1 aromatic carbocycles. The lowest BCUT2D eigenvalue weighted by atomic mass is 10.3. The van der Waals surface area contributed by atoms with Gasteiger partial charge in [0, 0.05) is 0 Å². The van der Waals surface area contributed by atoms with Crippen LogP contribution in [0.1, 0.15) is 18.7 Å². The summed E-state index contributed by atoms with van der Waals surface area (Å²) < 4.78 is 1.72. The summed E-state index contributed by atoms with van der Waals surface area (Å²) >= 11 is 0. The second kappa shape index (κ2) is 5.38. The van der Waals surface area contributed by atoms with Crippen molar-refractivity contribution in [2.45, 2.75) is 19.4 Å². The van der Waals surface area contributed by atoms with Crippen LogP contribution in [0.15, 0.2) is 41.3 Å². The molecule has 0 atom stereocenters. The molecule has 0 aliphatic carbocycles. The topological polar surface area (TPSA) is 66.8 Å². The molecule has 0 amide bonds. The minimum absolute atomic E-state index is 0.124. The fourth-order valence-corrected chi connectivity index (χ4v) is 2.95. The van der Waals surface area contributed by atoms with Gasteiger partial charge in [-0.3, -0.25) is 9.69 Å². The summed E-state index contributed by atoms with van der Waals surface area (Å²) in [4.78, 5) is 22.1. The smallest absolute Gasteiger partial charge is 0.262 e. The molecule has 6 nitrogen and oxygen atoms in total. The summed E-state index contributed by atoms with van der Waals surface area (Å²) in [6, 6.07) is 9.75. The Kier molecular flexibility index (Phi) is 3.23. The summed E-state index contributed by atoms with van der Waals surface area (Å²) in [6.07, 6.45) is 4.01. The molecule has 3 aromatic rings. The van der Waals surface area contributed by atoms with Gasteiger partial charge in [-0.15, -0.1) is 0 Å². The summed E-state index contributed by atoms with van der Waals surface area (Å²) in [5, 5.41) is 4.84. The third-order valence-corrected chi connectivity index (χ3v) is 4.06. The highest BCUT2D eigenvalue weighted by molar-refractivity contribution is 5.75. The van der Waals surface area contributed by atoms with E-state index < -0.39 is 0 Å². The number of nitrogens with zero attached hydrogens (tertiary/aromatic N) is 4. The first-order valence-electron chi connectivity index (χ1n) is 7.56. The molecule has 1 aliphatic heterocycles. The van der Waals surface area contributed by atoms with E-state index in [-0.39, 0.29) is 5.56 Å². The van der Waals surface area contributed by atoms with E-state index in [9.17, 15) is 4.79 Å². The highest BCUT2D eigenvalue weighted by Crippen LogP contribution is 2.15. The highest BCUT2D eigenvalue weighted by Gasteiger charge is 2.16. The molecule has 22 heavy (non-hydrogen) atoms. The number of fused-ring (bicyclic) bond motifs is 1. The van der Waals surface area contributed by atoms with Crippen molar-refractivity contribution < 1.29 is 0 Å². The quantitative estimate of drug-likeness (QED) is 0.798.